The normalized spacial score (nSPS) is 19.9. The van der Waals surface area contributed by atoms with E-state index in [1.807, 2.05) is 29.2 Å². The van der Waals surface area contributed by atoms with Crippen LogP contribution in [0, 0.1) is 0 Å². The first kappa shape index (κ1) is 13.4. The molecule has 1 heterocycles. The van der Waals surface area contributed by atoms with Crippen LogP contribution in [-0.2, 0) is 11.2 Å². The third-order valence-corrected chi connectivity index (χ3v) is 3.75. The Bertz CT molecular complexity index is 405. The zero-order valence-electron chi connectivity index (χ0n) is 10.4. The van der Waals surface area contributed by atoms with E-state index in [9.17, 15) is 9.90 Å². The highest BCUT2D eigenvalue weighted by Crippen LogP contribution is 2.18. The maximum atomic E-state index is 12.2. The van der Waals surface area contributed by atoms with E-state index in [0.29, 0.717) is 6.42 Å². The first-order valence-electron chi connectivity index (χ1n) is 6.39. The monoisotopic (exact) mass is 265 g/mol. The Morgan fingerprint density at radius 2 is 2.06 bits per heavy atom. The van der Waals surface area contributed by atoms with E-state index in [-0.39, 0.29) is 18.6 Å². The molecule has 1 aromatic carbocycles. The second kappa shape index (κ2) is 6.25. The van der Waals surface area contributed by atoms with Crippen LogP contribution in [0.1, 0.15) is 24.8 Å². The zero-order chi connectivity index (χ0) is 13.0. The number of aliphatic hydroxyl groups excluding tert-OH is 1. The van der Waals surface area contributed by atoms with Crippen LogP contribution in [0.3, 0.4) is 0 Å². The lowest BCUT2D eigenvalue weighted by Gasteiger charge is -2.34. The lowest BCUT2D eigenvalue weighted by atomic mass is 10.0. The Labute approximate surface area is 113 Å². The molecular formula is C14H19NO2S. The van der Waals surface area contributed by atoms with E-state index in [1.165, 1.54) is 0 Å². The van der Waals surface area contributed by atoms with Crippen LogP contribution in [0.4, 0.5) is 0 Å². The molecule has 1 aromatic rings. The lowest BCUT2D eigenvalue weighted by molar-refractivity contribution is -0.135. The van der Waals surface area contributed by atoms with Crippen molar-refractivity contribution in [2.24, 2.45) is 0 Å². The molecule has 0 aromatic heterocycles. The summed E-state index contributed by atoms with van der Waals surface area (Å²) in [5.41, 5.74) is 1.00. The number of piperidine rings is 1. The number of benzene rings is 1. The highest BCUT2D eigenvalue weighted by atomic mass is 32.1. The highest BCUT2D eigenvalue weighted by Gasteiger charge is 2.25. The van der Waals surface area contributed by atoms with Gasteiger partial charge in [-0.25, -0.2) is 0 Å². The van der Waals surface area contributed by atoms with Gasteiger partial charge in [-0.2, -0.15) is 0 Å². The molecule has 0 saturated carbocycles. The Balaban J connectivity index is 2.00. The SMILES string of the molecule is O=C(Cc1ccc(S)cc1)N1CCCCC1CO. The number of carbonyl (C=O) groups excluding carboxylic acids is 1. The van der Waals surface area contributed by atoms with Gasteiger partial charge in [-0.05, 0) is 37.0 Å². The maximum Gasteiger partial charge on any atom is 0.227 e. The van der Waals surface area contributed by atoms with E-state index in [2.05, 4.69) is 12.6 Å². The topological polar surface area (TPSA) is 40.5 Å². The predicted molar refractivity (Wildman–Crippen MR) is 73.8 cm³/mol. The number of aliphatic hydroxyl groups is 1. The molecule has 0 radical (unpaired) electrons. The standard InChI is InChI=1S/C14H19NO2S/c16-10-12-3-1-2-8-15(12)14(17)9-11-4-6-13(18)7-5-11/h4-7,12,16,18H,1-3,8-10H2. The molecule has 0 spiro atoms. The minimum Gasteiger partial charge on any atom is -0.394 e. The predicted octanol–water partition coefficient (Wildman–Crippen LogP) is 1.89. The summed E-state index contributed by atoms with van der Waals surface area (Å²) in [6, 6.07) is 7.66. The molecule has 1 amide bonds. The second-order valence-corrected chi connectivity index (χ2v) is 5.28. The second-order valence-electron chi connectivity index (χ2n) is 4.76. The lowest BCUT2D eigenvalue weighted by Crippen LogP contribution is -2.46. The van der Waals surface area contributed by atoms with Crippen molar-refractivity contribution < 1.29 is 9.90 Å². The van der Waals surface area contributed by atoms with Gasteiger partial charge in [0.15, 0.2) is 0 Å². The first-order chi connectivity index (χ1) is 8.70. The van der Waals surface area contributed by atoms with Gasteiger partial charge in [0.05, 0.1) is 19.1 Å². The molecule has 1 atom stereocenters. The van der Waals surface area contributed by atoms with Crippen molar-refractivity contribution in [3.05, 3.63) is 29.8 Å². The van der Waals surface area contributed by atoms with Gasteiger partial charge in [-0.15, -0.1) is 12.6 Å². The molecule has 1 saturated heterocycles. The van der Waals surface area contributed by atoms with Gasteiger partial charge in [0.1, 0.15) is 0 Å². The molecule has 1 aliphatic rings. The third kappa shape index (κ3) is 3.27. The zero-order valence-corrected chi connectivity index (χ0v) is 11.3. The summed E-state index contributed by atoms with van der Waals surface area (Å²) in [5.74, 6) is 0.112. The summed E-state index contributed by atoms with van der Waals surface area (Å²) in [6.45, 7) is 0.843. The van der Waals surface area contributed by atoms with Crippen LogP contribution in [0.2, 0.25) is 0 Å². The van der Waals surface area contributed by atoms with Crippen LogP contribution in [0.25, 0.3) is 0 Å². The molecule has 18 heavy (non-hydrogen) atoms. The molecule has 3 nitrogen and oxygen atoms in total. The molecule has 1 fully saturated rings. The quantitative estimate of drug-likeness (QED) is 0.819. The Morgan fingerprint density at radius 1 is 1.33 bits per heavy atom. The van der Waals surface area contributed by atoms with Crippen molar-refractivity contribution in [1.82, 2.24) is 4.90 Å². The van der Waals surface area contributed by atoms with Gasteiger partial charge in [0, 0.05) is 11.4 Å². The summed E-state index contributed by atoms with van der Waals surface area (Å²) in [6.07, 6.45) is 3.46. The van der Waals surface area contributed by atoms with Crippen molar-refractivity contribution in [3.8, 4) is 0 Å². The van der Waals surface area contributed by atoms with E-state index in [0.717, 1.165) is 36.3 Å². The van der Waals surface area contributed by atoms with Gasteiger partial charge < -0.3 is 10.0 Å². The average molecular weight is 265 g/mol. The van der Waals surface area contributed by atoms with Gasteiger partial charge in [-0.3, -0.25) is 4.79 Å². The number of nitrogens with zero attached hydrogens (tertiary/aromatic N) is 1. The minimum absolute atomic E-state index is 0.00963. The van der Waals surface area contributed by atoms with Crippen molar-refractivity contribution in [2.45, 2.75) is 36.6 Å². The van der Waals surface area contributed by atoms with Crippen molar-refractivity contribution >= 4 is 18.5 Å². The number of carbonyl (C=O) groups is 1. The van der Waals surface area contributed by atoms with Gasteiger partial charge in [0.2, 0.25) is 5.91 Å². The summed E-state index contributed by atoms with van der Waals surface area (Å²) >= 11 is 4.22. The average Bonchev–Trinajstić information content (AvgIpc) is 2.41. The maximum absolute atomic E-state index is 12.2. The summed E-state index contributed by atoms with van der Waals surface area (Å²) < 4.78 is 0. The van der Waals surface area contributed by atoms with Crippen LogP contribution in [-0.4, -0.2) is 35.1 Å². The molecule has 2 rings (SSSR count). The summed E-state index contributed by atoms with van der Waals surface area (Å²) in [5, 5.41) is 9.31. The molecule has 4 heteroatoms. The fraction of sp³-hybridized carbons (Fsp3) is 0.500. The fourth-order valence-electron chi connectivity index (χ4n) is 2.41. The third-order valence-electron chi connectivity index (χ3n) is 3.45. The molecule has 1 N–H and O–H groups in total. The number of hydrogen-bond acceptors (Lipinski definition) is 3. The molecule has 1 unspecified atom stereocenters. The largest absolute Gasteiger partial charge is 0.394 e. The smallest absolute Gasteiger partial charge is 0.227 e. The number of amides is 1. The van der Waals surface area contributed by atoms with Crippen molar-refractivity contribution in [3.63, 3.8) is 0 Å². The Kier molecular flexibility index (Phi) is 4.66. The molecule has 0 aliphatic carbocycles. The molecule has 98 valence electrons. The van der Waals surface area contributed by atoms with Crippen LogP contribution >= 0.6 is 12.6 Å². The highest BCUT2D eigenvalue weighted by molar-refractivity contribution is 7.80. The van der Waals surface area contributed by atoms with Crippen molar-refractivity contribution in [1.29, 1.82) is 0 Å². The van der Waals surface area contributed by atoms with Crippen molar-refractivity contribution in [2.75, 3.05) is 13.2 Å². The molecule has 1 aliphatic heterocycles. The Morgan fingerprint density at radius 3 is 2.72 bits per heavy atom. The molecular weight excluding hydrogens is 246 g/mol. The van der Waals surface area contributed by atoms with E-state index >= 15 is 0 Å². The summed E-state index contributed by atoms with van der Waals surface area (Å²) in [4.78, 5) is 14.9. The van der Waals surface area contributed by atoms with Gasteiger partial charge in [0.25, 0.3) is 0 Å². The van der Waals surface area contributed by atoms with E-state index in [4.69, 9.17) is 0 Å². The summed E-state index contributed by atoms with van der Waals surface area (Å²) in [7, 11) is 0. The first-order valence-corrected chi connectivity index (χ1v) is 6.83. The van der Waals surface area contributed by atoms with E-state index < -0.39 is 0 Å². The van der Waals surface area contributed by atoms with E-state index in [1.54, 1.807) is 0 Å². The van der Waals surface area contributed by atoms with Gasteiger partial charge in [-0.1, -0.05) is 12.1 Å². The molecule has 0 bridgehead atoms. The fourth-order valence-corrected chi connectivity index (χ4v) is 2.56. The Hall–Kier alpha value is -1.00. The van der Waals surface area contributed by atoms with Gasteiger partial charge >= 0.3 is 0 Å². The number of hydrogen-bond donors (Lipinski definition) is 2. The number of thiol groups is 1. The minimum atomic E-state index is 0.00963. The number of likely N-dealkylation sites (tertiary alicyclic amines) is 1. The van der Waals surface area contributed by atoms with Crippen LogP contribution in [0.5, 0.6) is 0 Å². The van der Waals surface area contributed by atoms with Crippen LogP contribution < -0.4 is 0 Å². The number of rotatable bonds is 3. The van der Waals surface area contributed by atoms with Crippen LogP contribution in [0.15, 0.2) is 29.2 Å².